The molecule has 33 heavy (non-hydrogen) atoms. The molecule has 1 aliphatic rings. The number of para-hydroxylation sites is 1. The molecule has 0 aliphatic carbocycles. The van der Waals surface area contributed by atoms with Crippen LogP contribution in [-0.4, -0.2) is 14.8 Å². The van der Waals surface area contributed by atoms with E-state index in [1.807, 2.05) is 41.1 Å². The molecule has 3 nitrogen and oxygen atoms in total. The summed E-state index contributed by atoms with van der Waals surface area (Å²) in [5, 5.41) is 1.90. The normalized spacial score (nSPS) is 15.2. The summed E-state index contributed by atoms with van der Waals surface area (Å²) in [7, 11) is 0. The van der Waals surface area contributed by atoms with Crippen LogP contribution in [0.4, 0.5) is 10.1 Å². The molecule has 0 radical (unpaired) electrons. The van der Waals surface area contributed by atoms with Gasteiger partial charge in [0.2, 0.25) is 0 Å². The van der Waals surface area contributed by atoms with E-state index >= 15 is 0 Å². The molecular weight excluding hydrogens is 498 g/mol. The van der Waals surface area contributed by atoms with Gasteiger partial charge >= 0.3 is 0 Å². The third kappa shape index (κ3) is 4.20. The largest absolute Gasteiger partial charge is 0.342 e. The average Bonchev–Trinajstić information content (AvgIpc) is 3.28. The number of hydrogen-bond acceptors (Lipinski definition) is 3. The Morgan fingerprint density at radius 2 is 1.76 bits per heavy atom. The lowest BCUT2D eigenvalue weighted by Gasteiger charge is -2.14. The maximum Gasteiger partial charge on any atom is 0.270 e. The first kappa shape index (κ1) is 22.2. The van der Waals surface area contributed by atoms with Gasteiger partial charge in [-0.05, 0) is 48.5 Å². The van der Waals surface area contributed by atoms with Gasteiger partial charge in [-0.15, -0.1) is 0 Å². The van der Waals surface area contributed by atoms with Crippen LogP contribution in [-0.2, 0) is 11.3 Å². The predicted molar refractivity (Wildman–Crippen MR) is 140 cm³/mol. The number of anilines is 1. The van der Waals surface area contributed by atoms with Gasteiger partial charge in [0.05, 0.1) is 17.1 Å². The summed E-state index contributed by atoms with van der Waals surface area (Å²) < 4.78 is 16.8. The molecule has 3 aromatic carbocycles. The Labute approximate surface area is 209 Å². The van der Waals surface area contributed by atoms with Gasteiger partial charge in [0.1, 0.15) is 5.82 Å². The minimum atomic E-state index is -0.356. The van der Waals surface area contributed by atoms with Crippen LogP contribution in [0.3, 0.4) is 0 Å². The second kappa shape index (κ2) is 8.95. The van der Waals surface area contributed by atoms with E-state index in [1.54, 1.807) is 36.4 Å². The lowest BCUT2D eigenvalue weighted by Crippen LogP contribution is -2.27. The molecule has 4 aromatic rings. The van der Waals surface area contributed by atoms with Gasteiger partial charge in [-0.2, -0.15) is 0 Å². The average molecular weight is 513 g/mol. The molecule has 8 heteroatoms. The van der Waals surface area contributed by atoms with Crippen molar-refractivity contribution in [2.75, 3.05) is 4.90 Å². The first-order valence-corrected chi connectivity index (χ1v) is 11.9. The van der Waals surface area contributed by atoms with E-state index in [9.17, 15) is 9.18 Å². The van der Waals surface area contributed by atoms with E-state index in [1.165, 1.54) is 22.7 Å². The molecular formula is C25H15Cl2FN2OS2. The van der Waals surface area contributed by atoms with Crippen molar-refractivity contribution in [3.63, 3.8) is 0 Å². The smallest absolute Gasteiger partial charge is 0.270 e. The van der Waals surface area contributed by atoms with Crippen molar-refractivity contribution in [1.29, 1.82) is 0 Å². The van der Waals surface area contributed by atoms with Crippen LogP contribution in [0, 0.1) is 5.82 Å². The van der Waals surface area contributed by atoms with E-state index < -0.39 is 0 Å². The molecule has 1 amide bonds. The molecule has 2 heterocycles. The molecule has 0 saturated carbocycles. The summed E-state index contributed by atoms with van der Waals surface area (Å²) in [6.45, 7) is 0.269. The number of benzene rings is 3. The molecule has 0 spiro atoms. The minimum absolute atomic E-state index is 0.193. The van der Waals surface area contributed by atoms with E-state index in [0.29, 0.717) is 30.5 Å². The number of carbonyl (C=O) groups excluding carboxylic acids is 1. The SMILES string of the molecule is O=C1/C(=C/c2cn(Cc3c(F)cccc3Cl)c3ccccc23)SC(=S)N1c1ccc(Cl)cc1. The van der Waals surface area contributed by atoms with Crippen LogP contribution in [0.25, 0.3) is 17.0 Å². The van der Waals surface area contributed by atoms with Crippen LogP contribution < -0.4 is 4.90 Å². The van der Waals surface area contributed by atoms with E-state index in [-0.39, 0.29) is 18.3 Å². The number of hydrogen-bond donors (Lipinski definition) is 0. The monoisotopic (exact) mass is 512 g/mol. The summed E-state index contributed by atoms with van der Waals surface area (Å²) in [6, 6.07) is 19.4. The number of nitrogens with zero attached hydrogens (tertiary/aromatic N) is 2. The topological polar surface area (TPSA) is 25.2 Å². The standard InChI is InChI=1S/C25H15Cl2FN2OS2/c26-16-8-10-17(11-9-16)30-24(31)23(33-25(30)32)12-15-13-29(22-7-2-1-4-18(15)22)14-19-20(27)5-3-6-21(19)28/h1-13H,14H2/b23-12-. The molecule has 164 valence electrons. The highest BCUT2D eigenvalue weighted by Gasteiger charge is 2.33. The Kier molecular flexibility index (Phi) is 6.01. The third-order valence-corrected chi connectivity index (χ3v) is 7.28. The van der Waals surface area contributed by atoms with E-state index in [0.717, 1.165) is 16.5 Å². The molecule has 1 aliphatic heterocycles. The van der Waals surface area contributed by atoms with Gasteiger partial charge in [0.25, 0.3) is 5.91 Å². The Bertz CT molecular complexity index is 1430. The number of amides is 1. The highest BCUT2D eigenvalue weighted by molar-refractivity contribution is 8.27. The predicted octanol–water partition coefficient (Wildman–Crippen LogP) is 7.54. The first-order valence-electron chi connectivity index (χ1n) is 9.96. The van der Waals surface area contributed by atoms with Gasteiger partial charge < -0.3 is 4.57 Å². The number of rotatable bonds is 4. The molecule has 1 aromatic heterocycles. The van der Waals surface area contributed by atoms with Crippen molar-refractivity contribution in [2.24, 2.45) is 0 Å². The number of fused-ring (bicyclic) bond motifs is 1. The van der Waals surface area contributed by atoms with Gasteiger partial charge in [0.15, 0.2) is 4.32 Å². The fourth-order valence-electron chi connectivity index (χ4n) is 3.80. The summed E-state index contributed by atoms with van der Waals surface area (Å²) in [4.78, 5) is 15.2. The minimum Gasteiger partial charge on any atom is -0.342 e. The zero-order chi connectivity index (χ0) is 23.1. The van der Waals surface area contributed by atoms with Crippen LogP contribution in [0.5, 0.6) is 0 Å². The van der Waals surface area contributed by atoms with Crippen LogP contribution in [0.15, 0.2) is 77.8 Å². The van der Waals surface area contributed by atoms with Crippen LogP contribution in [0.2, 0.25) is 10.0 Å². The molecule has 1 saturated heterocycles. The summed E-state index contributed by atoms with van der Waals surface area (Å²) in [5.41, 5.74) is 2.84. The number of thioether (sulfide) groups is 1. The Hall–Kier alpha value is -2.64. The van der Waals surface area contributed by atoms with Crippen LogP contribution >= 0.6 is 47.2 Å². The number of thiocarbonyl (C=S) groups is 1. The van der Waals surface area contributed by atoms with Gasteiger partial charge in [-0.3, -0.25) is 9.69 Å². The van der Waals surface area contributed by atoms with Crippen molar-refractivity contribution in [3.8, 4) is 0 Å². The lowest BCUT2D eigenvalue weighted by atomic mass is 10.1. The van der Waals surface area contributed by atoms with Crippen molar-refractivity contribution >= 4 is 80.1 Å². The summed E-state index contributed by atoms with van der Waals surface area (Å²) in [6.07, 6.45) is 3.74. The maximum atomic E-state index is 14.4. The van der Waals surface area contributed by atoms with Crippen molar-refractivity contribution < 1.29 is 9.18 Å². The maximum absolute atomic E-state index is 14.4. The van der Waals surface area contributed by atoms with Crippen molar-refractivity contribution in [3.05, 3.63) is 105 Å². The highest BCUT2D eigenvalue weighted by atomic mass is 35.5. The number of aromatic nitrogens is 1. The second-order valence-electron chi connectivity index (χ2n) is 7.42. The van der Waals surface area contributed by atoms with E-state index in [4.69, 9.17) is 35.4 Å². The van der Waals surface area contributed by atoms with Gasteiger partial charge in [-0.25, -0.2) is 4.39 Å². The third-order valence-electron chi connectivity index (χ3n) is 5.37. The van der Waals surface area contributed by atoms with Crippen LogP contribution in [0.1, 0.15) is 11.1 Å². The molecule has 0 unspecified atom stereocenters. The van der Waals surface area contributed by atoms with Gasteiger partial charge in [0, 0.05) is 38.3 Å². The fraction of sp³-hybridized carbons (Fsp3) is 0.0400. The quantitative estimate of drug-likeness (QED) is 0.208. The van der Waals surface area contributed by atoms with E-state index in [2.05, 4.69) is 0 Å². The molecule has 0 atom stereocenters. The van der Waals surface area contributed by atoms with Gasteiger partial charge in [-0.1, -0.05) is 71.4 Å². The van der Waals surface area contributed by atoms with Crippen molar-refractivity contribution in [2.45, 2.75) is 6.54 Å². The first-order chi connectivity index (χ1) is 15.9. The Balaban J connectivity index is 1.54. The second-order valence-corrected chi connectivity index (χ2v) is 9.94. The lowest BCUT2D eigenvalue weighted by molar-refractivity contribution is -0.113. The molecule has 0 N–H and O–H groups in total. The number of carbonyl (C=O) groups is 1. The fourth-order valence-corrected chi connectivity index (χ4v) is 5.44. The molecule has 0 bridgehead atoms. The van der Waals surface area contributed by atoms with Crippen molar-refractivity contribution in [1.82, 2.24) is 4.57 Å². The highest BCUT2D eigenvalue weighted by Crippen LogP contribution is 2.37. The molecule has 5 rings (SSSR count). The Morgan fingerprint density at radius 1 is 1.00 bits per heavy atom. The Morgan fingerprint density at radius 3 is 2.52 bits per heavy atom. The zero-order valence-electron chi connectivity index (χ0n) is 17.0. The molecule has 1 fully saturated rings. The summed E-state index contributed by atoms with van der Waals surface area (Å²) in [5.74, 6) is -0.549. The zero-order valence-corrected chi connectivity index (χ0v) is 20.1. The summed E-state index contributed by atoms with van der Waals surface area (Å²) >= 11 is 19.0. The number of halogens is 3.